The lowest BCUT2D eigenvalue weighted by Gasteiger charge is -2.07. The predicted molar refractivity (Wildman–Crippen MR) is 107 cm³/mol. The van der Waals surface area contributed by atoms with Gasteiger partial charge < -0.3 is 14.9 Å². The highest BCUT2D eigenvalue weighted by Crippen LogP contribution is 2.15. The summed E-state index contributed by atoms with van der Waals surface area (Å²) in [7, 11) is 1.58. The van der Waals surface area contributed by atoms with Crippen LogP contribution in [0.2, 0.25) is 0 Å². The standard InChI is InChI=1S/C21H16F2N4O3/c1-26-11-16(19(28)24-10-12-2-4-13(22)5-3-12)17-18(26)20(29)27(21(30)25-17)15-8-6-14(23)7-9-15/h2-9,11H,10H2,1H3,(H,24,28)(H,25,30). The van der Waals surface area contributed by atoms with Crippen molar-refractivity contribution in [2.45, 2.75) is 6.54 Å². The van der Waals surface area contributed by atoms with E-state index < -0.39 is 23.0 Å². The van der Waals surface area contributed by atoms with E-state index in [4.69, 9.17) is 0 Å². The largest absolute Gasteiger partial charge is 0.348 e. The van der Waals surface area contributed by atoms with Crippen molar-refractivity contribution >= 4 is 16.9 Å². The first-order valence-electron chi connectivity index (χ1n) is 8.98. The quantitative estimate of drug-likeness (QED) is 0.541. The van der Waals surface area contributed by atoms with Gasteiger partial charge in [0.1, 0.15) is 17.2 Å². The van der Waals surface area contributed by atoms with E-state index in [1.54, 1.807) is 19.2 Å². The number of amides is 1. The van der Waals surface area contributed by atoms with Crippen LogP contribution >= 0.6 is 0 Å². The average Bonchev–Trinajstić information content (AvgIpc) is 3.05. The molecule has 1 amide bonds. The molecule has 0 fully saturated rings. The first-order valence-corrected chi connectivity index (χ1v) is 8.98. The molecule has 0 saturated heterocycles. The number of hydrogen-bond acceptors (Lipinski definition) is 3. The minimum absolute atomic E-state index is 0.0995. The lowest BCUT2D eigenvalue weighted by molar-refractivity contribution is 0.0952. The molecule has 0 radical (unpaired) electrons. The highest BCUT2D eigenvalue weighted by atomic mass is 19.1. The van der Waals surface area contributed by atoms with Gasteiger partial charge in [0, 0.05) is 19.8 Å². The molecule has 0 saturated carbocycles. The molecule has 4 aromatic rings. The van der Waals surface area contributed by atoms with Crippen LogP contribution in [0.3, 0.4) is 0 Å². The number of aryl methyl sites for hydroxylation is 1. The topological polar surface area (TPSA) is 88.9 Å². The summed E-state index contributed by atoms with van der Waals surface area (Å²) in [6.45, 7) is 0.145. The molecule has 2 N–H and O–H groups in total. The maximum Gasteiger partial charge on any atom is 0.333 e. The van der Waals surface area contributed by atoms with Crippen molar-refractivity contribution in [1.29, 1.82) is 0 Å². The number of benzene rings is 2. The summed E-state index contributed by atoms with van der Waals surface area (Å²) in [6, 6.07) is 10.6. The lowest BCUT2D eigenvalue weighted by atomic mass is 10.2. The zero-order valence-corrected chi connectivity index (χ0v) is 15.8. The molecule has 2 aromatic carbocycles. The van der Waals surface area contributed by atoms with Gasteiger partial charge in [-0.2, -0.15) is 0 Å². The van der Waals surface area contributed by atoms with E-state index in [2.05, 4.69) is 10.3 Å². The zero-order chi connectivity index (χ0) is 21.4. The number of nitrogens with zero attached hydrogens (tertiary/aromatic N) is 2. The summed E-state index contributed by atoms with van der Waals surface area (Å²) in [6.07, 6.45) is 1.44. The molecule has 30 heavy (non-hydrogen) atoms. The number of halogens is 2. The van der Waals surface area contributed by atoms with Gasteiger partial charge in [0.15, 0.2) is 0 Å². The van der Waals surface area contributed by atoms with Gasteiger partial charge in [0.25, 0.3) is 11.5 Å². The van der Waals surface area contributed by atoms with Crippen LogP contribution in [-0.4, -0.2) is 20.0 Å². The number of fused-ring (bicyclic) bond motifs is 1. The van der Waals surface area contributed by atoms with Gasteiger partial charge in [-0.05, 0) is 42.0 Å². The second-order valence-corrected chi connectivity index (χ2v) is 6.73. The van der Waals surface area contributed by atoms with Gasteiger partial charge in [-0.25, -0.2) is 18.1 Å². The van der Waals surface area contributed by atoms with Crippen molar-refractivity contribution in [3.63, 3.8) is 0 Å². The zero-order valence-electron chi connectivity index (χ0n) is 15.8. The molecule has 0 aliphatic heterocycles. The van der Waals surface area contributed by atoms with E-state index >= 15 is 0 Å². The number of hydrogen-bond donors (Lipinski definition) is 2. The fraction of sp³-hybridized carbons (Fsp3) is 0.0952. The van der Waals surface area contributed by atoms with Crippen molar-refractivity contribution in [1.82, 2.24) is 19.4 Å². The molecule has 0 bridgehead atoms. The number of carbonyl (C=O) groups excluding carboxylic acids is 1. The van der Waals surface area contributed by atoms with E-state index in [1.165, 1.54) is 35.0 Å². The predicted octanol–water partition coefficient (Wildman–Crippen LogP) is 2.23. The molecule has 2 aromatic heterocycles. The minimum atomic E-state index is -0.752. The van der Waals surface area contributed by atoms with Crippen molar-refractivity contribution in [3.8, 4) is 5.69 Å². The van der Waals surface area contributed by atoms with Crippen molar-refractivity contribution in [2.24, 2.45) is 7.05 Å². The summed E-state index contributed by atoms with van der Waals surface area (Å²) in [4.78, 5) is 40.8. The normalized spacial score (nSPS) is 11.0. The van der Waals surface area contributed by atoms with Crippen LogP contribution in [0.25, 0.3) is 16.7 Å². The third-order valence-corrected chi connectivity index (χ3v) is 4.72. The second-order valence-electron chi connectivity index (χ2n) is 6.73. The SMILES string of the molecule is Cn1cc(C(=O)NCc2ccc(F)cc2)c2[nH]c(=O)n(-c3ccc(F)cc3)c(=O)c21. The summed E-state index contributed by atoms with van der Waals surface area (Å²) >= 11 is 0. The van der Waals surface area contributed by atoms with Gasteiger partial charge in [-0.3, -0.25) is 9.59 Å². The number of H-pyrrole nitrogens is 1. The Kier molecular flexibility index (Phi) is 4.78. The van der Waals surface area contributed by atoms with Gasteiger partial charge in [0.2, 0.25) is 0 Å². The van der Waals surface area contributed by atoms with Crippen LogP contribution in [0.1, 0.15) is 15.9 Å². The Morgan fingerprint density at radius 2 is 1.60 bits per heavy atom. The second kappa shape index (κ2) is 7.43. The maximum absolute atomic E-state index is 13.2. The van der Waals surface area contributed by atoms with Crippen LogP contribution in [0, 0.1) is 11.6 Å². The minimum Gasteiger partial charge on any atom is -0.348 e. The Morgan fingerprint density at radius 3 is 2.23 bits per heavy atom. The fourth-order valence-electron chi connectivity index (χ4n) is 3.25. The van der Waals surface area contributed by atoms with Crippen LogP contribution in [0.5, 0.6) is 0 Å². The van der Waals surface area contributed by atoms with Crippen molar-refractivity contribution < 1.29 is 13.6 Å². The fourth-order valence-corrected chi connectivity index (χ4v) is 3.25. The maximum atomic E-state index is 13.2. The molecule has 0 aliphatic carbocycles. The monoisotopic (exact) mass is 410 g/mol. The highest BCUT2D eigenvalue weighted by molar-refractivity contribution is 6.05. The summed E-state index contributed by atoms with van der Waals surface area (Å²) in [5.41, 5.74) is -0.160. The molecule has 9 heteroatoms. The summed E-state index contributed by atoms with van der Waals surface area (Å²) in [5, 5.41) is 2.68. The Morgan fingerprint density at radius 1 is 1.00 bits per heavy atom. The number of carbonyl (C=O) groups is 1. The first kappa shape index (κ1) is 19.3. The Hall–Kier alpha value is -4.01. The Bertz CT molecular complexity index is 1370. The number of rotatable bonds is 4. The first-order chi connectivity index (χ1) is 14.3. The van der Waals surface area contributed by atoms with Crippen molar-refractivity contribution in [2.75, 3.05) is 0 Å². The molecule has 0 atom stereocenters. The number of nitrogens with one attached hydrogen (secondary N) is 2. The summed E-state index contributed by atoms with van der Waals surface area (Å²) < 4.78 is 28.5. The van der Waals surface area contributed by atoms with Crippen LogP contribution in [-0.2, 0) is 13.6 Å². The molecule has 4 rings (SSSR count). The van der Waals surface area contributed by atoms with Crippen LogP contribution < -0.4 is 16.6 Å². The van der Waals surface area contributed by atoms with Gasteiger partial charge in [-0.1, -0.05) is 12.1 Å². The Labute approximate surface area is 168 Å². The molecule has 0 spiro atoms. The van der Waals surface area contributed by atoms with Crippen LogP contribution in [0.15, 0.2) is 64.3 Å². The van der Waals surface area contributed by atoms with Crippen LogP contribution in [0.4, 0.5) is 8.78 Å². The molecular weight excluding hydrogens is 394 g/mol. The molecular formula is C21H16F2N4O3. The third kappa shape index (κ3) is 3.41. The molecule has 0 unspecified atom stereocenters. The summed E-state index contributed by atoms with van der Waals surface area (Å²) in [5.74, 6) is -1.38. The van der Waals surface area contributed by atoms with Gasteiger partial charge in [0.05, 0.1) is 16.8 Å². The lowest BCUT2D eigenvalue weighted by Crippen LogP contribution is -2.34. The van der Waals surface area contributed by atoms with E-state index in [0.29, 0.717) is 5.56 Å². The third-order valence-electron chi connectivity index (χ3n) is 4.72. The van der Waals surface area contributed by atoms with Crippen molar-refractivity contribution in [3.05, 3.63) is 98.3 Å². The van der Waals surface area contributed by atoms with Gasteiger partial charge >= 0.3 is 5.69 Å². The Balaban J connectivity index is 1.73. The van der Waals surface area contributed by atoms with E-state index in [0.717, 1.165) is 16.7 Å². The van der Waals surface area contributed by atoms with Gasteiger partial charge in [-0.15, -0.1) is 0 Å². The number of aromatic nitrogens is 3. The smallest absolute Gasteiger partial charge is 0.333 e. The average molecular weight is 410 g/mol. The molecule has 152 valence electrons. The van der Waals surface area contributed by atoms with E-state index in [9.17, 15) is 23.2 Å². The van der Waals surface area contributed by atoms with E-state index in [1.807, 2.05) is 0 Å². The molecule has 7 nitrogen and oxygen atoms in total. The molecule has 0 aliphatic rings. The number of aromatic amines is 1. The molecule has 2 heterocycles. The van der Waals surface area contributed by atoms with E-state index in [-0.39, 0.29) is 34.6 Å². The highest BCUT2D eigenvalue weighted by Gasteiger charge is 2.20.